The van der Waals surface area contributed by atoms with Crippen LogP contribution in [0.5, 0.6) is 17.2 Å². The maximum absolute atomic E-state index is 11.7. The van der Waals surface area contributed by atoms with Crippen molar-refractivity contribution in [3.8, 4) is 17.2 Å². The number of aliphatic hydroxyl groups excluding tert-OH is 1. The number of aryl methyl sites for hydroxylation is 1. The molecule has 0 unspecified atom stereocenters. The summed E-state index contributed by atoms with van der Waals surface area (Å²) in [5, 5.41) is 23.0. The van der Waals surface area contributed by atoms with E-state index in [-0.39, 0.29) is 19.0 Å². The smallest absolute Gasteiger partial charge is 0.277 e. The molecule has 0 radical (unpaired) electrons. The van der Waals surface area contributed by atoms with Crippen molar-refractivity contribution in [1.82, 2.24) is 10.4 Å². The molecule has 1 aromatic heterocycles. The largest absolute Gasteiger partial charge is 0.505 e. The molecule has 0 bridgehead atoms. The quantitative estimate of drug-likeness (QED) is 0.512. The lowest BCUT2D eigenvalue weighted by Crippen LogP contribution is -2.24. The maximum atomic E-state index is 11.7. The predicted octanol–water partition coefficient (Wildman–Crippen LogP) is 1.13. The average Bonchev–Trinajstić information content (AvgIpc) is 2.64. The highest BCUT2D eigenvalue weighted by atomic mass is 16.5. The van der Waals surface area contributed by atoms with Gasteiger partial charge in [0.05, 0.1) is 25.6 Å². The first kappa shape index (κ1) is 18.2. The molecule has 0 atom stereocenters. The number of pyridine rings is 1. The summed E-state index contributed by atoms with van der Waals surface area (Å²) in [4.78, 5) is 15.7. The predicted molar refractivity (Wildman–Crippen MR) is 90.8 cm³/mol. The SMILES string of the molecule is COc1ccc(OCC(=O)NN=Cc2c(CO)cnc(C)c2O)cc1. The fourth-order valence-corrected chi connectivity index (χ4v) is 1.94. The molecule has 0 saturated heterocycles. The minimum absolute atomic E-state index is 0.0981. The molecule has 0 aliphatic carbocycles. The minimum Gasteiger partial charge on any atom is -0.505 e. The van der Waals surface area contributed by atoms with Crippen molar-refractivity contribution in [3.63, 3.8) is 0 Å². The van der Waals surface area contributed by atoms with E-state index in [2.05, 4.69) is 15.5 Å². The normalized spacial score (nSPS) is 10.7. The van der Waals surface area contributed by atoms with Crippen molar-refractivity contribution in [2.45, 2.75) is 13.5 Å². The van der Waals surface area contributed by atoms with Crippen LogP contribution in [0.25, 0.3) is 0 Å². The van der Waals surface area contributed by atoms with Crippen LogP contribution < -0.4 is 14.9 Å². The van der Waals surface area contributed by atoms with E-state index in [1.54, 1.807) is 38.3 Å². The molecule has 1 amide bonds. The fourth-order valence-electron chi connectivity index (χ4n) is 1.94. The van der Waals surface area contributed by atoms with Crippen molar-refractivity contribution in [1.29, 1.82) is 0 Å². The number of rotatable bonds is 7. The molecule has 8 nitrogen and oxygen atoms in total. The highest BCUT2D eigenvalue weighted by Crippen LogP contribution is 2.21. The van der Waals surface area contributed by atoms with Crippen molar-refractivity contribution in [3.05, 3.63) is 47.3 Å². The van der Waals surface area contributed by atoms with Gasteiger partial charge in [-0.15, -0.1) is 0 Å². The van der Waals surface area contributed by atoms with Gasteiger partial charge in [0.25, 0.3) is 5.91 Å². The Labute approximate surface area is 144 Å². The number of aromatic hydroxyl groups is 1. The monoisotopic (exact) mass is 345 g/mol. The van der Waals surface area contributed by atoms with Gasteiger partial charge in [-0.3, -0.25) is 9.78 Å². The Kier molecular flexibility index (Phi) is 6.30. The number of nitrogens with zero attached hydrogens (tertiary/aromatic N) is 2. The third-order valence-electron chi connectivity index (χ3n) is 3.34. The minimum atomic E-state index is -0.470. The first-order valence-electron chi connectivity index (χ1n) is 7.42. The molecule has 3 N–H and O–H groups in total. The van der Waals surface area contributed by atoms with E-state index < -0.39 is 5.91 Å². The van der Waals surface area contributed by atoms with Gasteiger partial charge in [-0.2, -0.15) is 5.10 Å². The average molecular weight is 345 g/mol. The number of hydrazone groups is 1. The number of hydrogen-bond acceptors (Lipinski definition) is 7. The maximum Gasteiger partial charge on any atom is 0.277 e. The van der Waals surface area contributed by atoms with Crippen LogP contribution in [-0.2, 0) is 11.4 Å². The molecule has 2 rings (SSSR count). The standard InChI is InChI=1S/C17H19N3O5/c1-11-17(23)15(12(9-21)7-18-11)8-19-20-16(22)10-25-14-5-3-13(24-2)4-6-14/h3-8,21,23H,9-10H2,1-2H3,(H,20,22). The Bertz CT molecular complexity index is 760. The molecule has 2 aromatic rings. The second kappa shape index (κ2) is 8.65. The Morgan fingerprint density at radius 3 is 2.64 bits per heavy atom. The Balaban J connectivity index is 1.91. The summed E-state index contributed by atoms with van der Waals surface area (Å²) in [6.45, 7) is 1.09. The van der Waals surface area contributed by atoms with E-state index >= 15 is 0 Å². The van der Waals surface area contributed by atoms with Crippen LogP contribution in [0.1, 0.15) is 16.8 Å². The van der Waals surface area contributed by atoms with Gasteiger partial charge in [0.15, 0.2) is 6.61 Å². The van der Waals surface area contributed by atoms with Gasteiger partial charge in [-0.05, 0) is 31.2 Å². The van der Waals surface area contributed by atoms with Crippen LogP contribution in [0.3, 0.4) is 0 Å². The zero-order chi connectivity index (χ0) is 18.2. The van der Waals surface area contributed by atoms with E-state index in [0.29, 0.717) is 28.3 Å². The highest BCUT2D eigenvalue weighted by Gasteiger charge is 2.09. The van der Waals surface area contributed by atoms with E-state index in [0.717, 1.165) is 0 Å². The molecule has 25 heavy (non-hydrogen) atoms. The molecule has 8 heteroatoms. The molecule has 132 valence electrons. The van der Waals surface area contributed by atoms with Gasteiger partial charge in [0, 0.05) is 17.3 Å². The number of carbonyl (C=O) groups is 1. The summed E-state index contributed by atoms with van der Waals surface area (Å²) < 4.78 is 10.3. The van der Waals surface area contributed by atoms with Gasteiger partial charge in [-0.1, -0.05) is 0 Å². The summed E-state index contributed by atoms with van der Waals surface area (Å²) in [7, 11) is 1.56. The molecule has 0 saturated carbocycles. The van der Waals surface area contributed by atoms with Gasteiger partial charge < -0.3 is 19.7 Å². The molecule has 1 aromatic carbocycles. The van der Waals surface area contributed by atoms with Gasteiger partial charge >= 0.3 is 0 Å². The highest BCUT2D eigenvalue weighted by molar-refractivity contribution is 5.87. The van der Waals surface area contributed by atoms with Gasteiger partial charge in [0.1, 0.15) is 17.2 Å². The van der Waals surface area contributed by atoms with Crippen molar-refractivity contribution in [2.24, 2.45) is 5.10 Å². The Hall–Kier alpha value is -3.13. The summed E-state index contributed by atoms with van der Waals surface area (Å²) >= 11 is 0. The molecular weight excluding hydrogens is 326 g/mol. The number of ether oxygens (including phenoxy) is 2. The zero-order valence-electron chi connectivity index (χ0n) is 13.9. The first-order valence-corrected chi connectivity index (χ1v) is 7.42. The van der Waals surface area contributed by atoms with Crippen LogP contribution in [-0.4, -0.2) is 41.0 Å². The lowest BCUT2D eigenvalue weighted by atomic mass is 10.1. The number of nitrogens with one attached hydrogen (secondary N) is 1. The van der Waals surface area contributed by atoms with Crippen LogP contribution in [0.4, 0.5) is 0 Å². The number of benzene rings is 1. The fraction of sp³-hybridized carbons (Fsp3) is 0.235. The first-order chi connectivity index (χ1) is 12.0. The second-order valence-electron chi connectivity index (χ2n) is 5.05. The van der Waals surface area contributed by atoms with Gasteiger partial charge in [0.2, 0.25) is 0 Å². The number of hydrogen-bond donors (Lipinski definition) is 3. The molecular formula is C17H19N3O5. The molecule has 0 spiro atoms. The third-order valence-corrected chi connectivity index (χ3v) is 3.34. The molecule has 1 heterocycles. The zero-order valence-corrected chi connectivity index (χ0v) is 13.9. The lowest BCUT2D eigenvalue weighted by molar-refractivity contribution is -0.123. The summed E-state index contributed by atoms with van der Waals surface area (Å²) in [5.41, 5.74) is 3.38. The van der Waals surface area contributed by atoms with Crippen LogP contribution in [0.15, 0.2) is 35.6 Å². The number of amides is 1. The van der Waals surface area contributed by atoms with Crippen molar-refractivity contribution < 1.29 is 24.5 Å². The van der Waals surface area contributed by atoms with Crippen molar-refractivity contribution in [2.75, 3.05) is 13.7 Å². The molecule has 0 aliphatic rings. The van der Waals surface area contributed by atoms with E-state index in [9.17, 15) is 15.0 Å². The third kappa shape index (κ3) is 4.92. The van der Waals surface area contributed by atoms with E-state index in [1.165, 1.54) is 12.4 Å². The topological polar surface area (TPSA) is 113 Å². The number of carbonyl (C=O) groups excluding carboxylic acids is 1. The summed E-state index contributed by atoms with van der Waals surface area (Å²) in [6.07, 6.45) is 2.69. The number of aliphatic hydroxyl groups is 1. The van der Waals surface area contributed by atoms with Crippen LogP contribution >= 0.6 is 0 Å². The van der Waals surface area contributed by atoms with Gasteiger partial charge in [-0.25, -0.2) is 5.43 Å². The Morgan fingerprint density at radius 1 is 1.32 bits per heavy atom. The molecule has 0 fully saturated rings. The van der Waals surface area contributed by atoms with E-state index in [4.69, 9.17) is 9.47 Å². The van der Waals surface area contributed by atoms with Crippen molar-refractivity contribution >= 4 is 12.1 Å². The number of aromatic nitrogens is 1. The summed E-state index contributed by atoms with van der Waals surface area (Å²) in [6, 6.07) is 6.80. The summed E-state index contributed by atoms with van der Waals surface area (Å²) in [5.74, 6) is 0.639. The number of methoxy groups -OCH3 is 1. The van der Waals surface area contributed by atoms with Crippen LogP contribution in [0.2, 0.25) is 0 Å². The lowest BCUT2D eigenvalue weighted by Gasteiger charge is -2.07. The second-order valence-corrected chi connectivity index (χ2v) is 5.05. The van der Waals surface area contributed by atoms with Crippen LogP contribution in [0, 0.1) is 6.92 Å². The molecule has 0 aliphatic heterocycles. The van der Waals surface area contributed by atoms with E-state index in [1.807, 2.05) is 0 Å². The Morgan fingerprint density at radius 2 is 2.00 bits per heavy atom.